The van der Waals surface area contributed by atoms with Crippen molar-refractivity contribution in [2.24, 2.45) is 0 Å². The lowest BCUT2D eigenvalue weighted by Crippen LogP contribution is -2.33. The Bertz CT molecular complexity index is 831. The minimum atomic E-state index is -4.50. The molecule has 0 aliphatic rings. The van der Waals surface area contributed by atoms with E-state index < -0.39 is 17.6 Å². The highest BCUT2D eigenvalue weighted by atomic mass is 19.4. The molecule has 0 fully saturated rings. The van der Waals surface area contributed by atoms with Gasteiger partial charge in [-0.1, -0.05) is 19.9 Å². The van der Waals surface area contributed by atoms with Crippen molar-refractivity contribution in [3.05, 3.63) is 59.4 Å². The first-order chi connectivity index (χ1) is 13.3. The van der Waals surface area contributed by atoms with Crippen molar-refractivity contribution in [3.8, 4) is 0 Å². The summed E-state index contributed by atoms with van der Waals surface area (Å²) in [6.45, 7) is 5.08. The van der Waals surface area contributed by atoms with Gasteiger partial charge in [-0.05, 0) is 43.2 Å². The van der Waals surface area contributed by atoms with Crippen LogP contribution < -0.4 is 5.32 Å². The zero-order valence-corrected chi connectivity index (χ0v) is 15.7. The van der Waals surface area contributed by atoms with Crippen LogP contribution in [0.1, 0.15) is 53.1 Å². The molecule has 0 atom stereocenters. The Labute approximate surface area is 161 Å². The fourth-order valence-corrected chi connectivity index (χ4v) is 2.68. The third kappa shape index (κ3) is 5.55. The number of halogens is 3. The first-order valence-electron chi connectivity index (χ1n) is 9.00. The molecule has 1 N–H and O–H groups in total. The molecule has 0 spiro atoms. The minimum Gasteiger partial charge on any atom is -0.337 e. The van der Waals surface area contributed by atoms with Crippen LogP contribution in [-0.2, 0) is 6.18 Å². The van der Waals surface area contributed by atoms with Crippen LogP contribution in [0.3, 0.4) is 0 Å². The smallest absolute Gasteiger partial charge is 0.337 e. The number of aromatic nitrogens is 1. The van der Waals surface area contributed by atoms with Gasteiger partial charge in [-0.15, -0.1) is 0 Å². The Morgan fingerprint density at radius 2 is 1.75 bits per heavy atom. The zero-order valence-electron chi connectivity index (χ0n) is 15.7. The van der Waals surface area contributed by atoms with Crippen LogP contribution in [0.15, 0.2) is 42.6 Å². The second-order valence-corrected chi connectivity index (χ2v) is 6.25. The normalized spacial score (nSPS) is 11.2. The molecule has 2 amide bonds. The van der Waals surface area contributed by atoms with Crippen LogP contribution in [0, 0.1) is 0 Å². The second kappa shape index (κ2) is 9.34. The topological polar surface area (TPSA) is 62.3 Å². The number of hydrogen-bond donors (Lipinski definition) is 1. The van der Waals surface area contributed by atoms with Crippen molar-refractivity contribution < 1.29 is 22.8 Å². The molecule has 0 unspecified atom stereocenters. The number of carbonyl (C=O) groups is 2. The van der Waals surface area contributed by atoms with Crippen molar-refractivity contribution in [2.75, 3.05) is 18.4 Å². The van der Waals surface area contributed by atoms with Gasteiger partial charge in [0.25, 0.3) is 11.8 Å². The molecule has 1 aromatic heterocycles. The third-order valence-electron chi connectivity index (χ3n) is 3.96. The van der Waals surface area contributed by atoms with Gasteiger partial charge >= 0.3 is 6.18 Å². The van der Waals surface area contributed by atoms with Crippen LogP contribution in [0.25, 0.3) is 0 Å². The second-order valence-electron chi connectivity index (χ2n) is 6.25. The molecule has 0 saturated carbocycles. The number of carbonyl (C=O) groups excluding carboxylic acids is 2. The Morgan fingerprint density at radius 3 is 2.36 bits per heavy atom. The molecular weight excluding hydrogens is 371 g/mol. The number of hydrogen-bond acceptors (Lipinski definition) is 3. The molecule has 1 aromatic carbocycles. The van der Waals surface area contributed by atoms with Crippen molar-refractivity contribution in [2.45, 2.75) is 32.9 Å². The summed E-state index contributed by atoms with van der Waals surface area (Å²) in [5.41, 5.74) is -0.573. The zero-order chi connectivity index (χ0) is 20.7. The Balaban J connectivity index is 2.19. The molecule has 2 rings (SSSR count). The van der Waals surface area contributed by atoms with Crippen LogP contribution in [0.4, 0.5) is 18.9 Å². The minimum absolute atomic E-state index is 0.0168. The molecule has 5 nitrogen and oxygen atoms in total. The first-order valence-corrected chi connectivity index (χ1v) is 9.00. The van der Waals surface area contributed by atoms with Crippen LogP contribution in [0.5, 0.6) is 0 Å². The Kier molecular flexibility index (Phi) is 7.14. The maximum Gasteiger partial charge on any atom is 0.416 e. The van der Waals surface area contributed by atoms with Crippen molar-refractivity contribution in [1.82, 2.24) is 9.88 Å². The molecule has 0 radical (unpaired) electrons. The van der Waals surface area contributed by atoms with Crippen LogP contribution in [0.2, 0.25) is 0 Å². The van der Waals surface area contributed by atoms with E-state index in [1.807, 2.05) is 13.8 Å². The van der Waals surface area contributed by atoms with Crippen LogP contribution >= 0.6 is 0 Å². The highest BCUT2D eigenvalue weighted by molar-refractivity contribution is 6.05. The van der Waals surface area contributed by atoms with Crippen molar-refractivity contribution in [1.29, 1.82) is 0 Å². The molecular formula is C20H22F3N3O2. The van der Waals surface area contributed by atoms with Gasteiger partial charge in [0, 0.05) is 30.5 Å². The van der Waals surface area contributed by atoms with E-state index in [4.69, 9.17) is 0 Å². The van der Waals surface area contributed by atoms with Crippen LogP contribution in [-0.4, -0.2) is 34.8 Å². The number of pyridine rings is 1. The highest BCUT2D eigenvalue weighted by Crippen LogP contribution is 2.30. The van der Waals surface area contributed by atoms with Crippen molar-refractivity contribution >= 4 is 17.5 Å². The van der Waals surface area contributed by atoms with E-state index in [0.29, 0.717) is 13.1 Å². The summed E-state index contributed by atoms with van der Waals surface area (Å²) in [6, 6.07) is 7.12. The van der Waals surface area contributed by atoms with E-state index in [1.54, 1.807) is 4.90 Å². The van der Waals surface area contributed by atoms with E-state index in [9.17, 15) is 22.8 Å². The largest absolute Gasteiger partial charge is 0.416 e. The van der Waals surface area contributed by atoms with E-state index in [1.165, 1.54) is 30.5 Å². The third-order valence-corrected chi connectivity index (χ3v) is 3.96. The molecule has 28 heavy (non-hydrogen) atoms. The predicted octanol–water partition coefficient (Wildman–Crippen LogP) is 4.61. The van der Waals surface area contributed by atoms with Gasteiger partial charge in [0.2, 0.25) is 0 Å². The Morgan fingerprint density at radius 1 is 1.07 bits per heavy atom. The predicted molar refractivity (Wildman–Crippen MR) is 100 cm³/mol. The van der Waals surface area contributed by atoms with E-state index in [-0.39, 0.29) is 22.9 Å². The average Bonchev–Trinajstić information content (AvgIpc) is 2.67. The number of nitrogens with zero attached hydrogens (tertiary/aromatic N) is 2. The highest BCUT2D eigenvalue weighted by Gasteiger charge is 2.30. The summed E-state index contributed by atoms with van der Waals surface area (Å²) in [4.78, 5) is 30.7. The lowest BCUT2D eigenvalue weighted by Gasteiger charge is -2.21. The Hall–Kier alpha value is -2.90. The van der Waals surface area contributed by atoms with Gasteiger partial charge in [-0.2, -0.15) is 13.2 Å². The average molecular weight is 393 g/mol. The lowest BCUT2D eigenvalue weighted by atomic mass is 10.1. The molecule has 0 aliphatic carbocycles. The van der Waals surface area contributed by atoms with E-state index >= 15 is 0 Å². The summed E-state index contributed by atoms with van der Waals surface area (Å²) in [5.74, 6) is -0.897. The molecule has 150 valence electrons. The first kappa shape index (κ1) is 21.4. The van der Waals surface area contributed by atoms with Gasteiger partial charge in [0.1, 0.15) is 5.69 Å². The molecule has 8 heteroatoms. The molecule has 2 aromatic rings. The molecule has 0 saturated heterocycles. The molecule has 0 bridgehead atoms. The van der Waals surface area contributed by atoms with Crippen molar-refractivity contribution in [3.63, 3.8) is 0 Å². The molecule has 1 heterocycles. The van der Waals surface area contributed by atoms with Gasteiger partial charge in [-0.3, -0.25) is 14.6 Å². The van der Waals surface area contributed by atoms with E-state index in [0.717, 1.165) is 25.0 Å². The van der Waals surface area contributed by atoms with Gasteiger partial charge in [0.05, 0.1) is 5.56 Å². The standard InChI is InChI=1S/C20H22F3N3O2/c1-3-10-26(11-4-2)19(28)17-12-14(8-9-24-17)18(27)25-16-7-5-6-15(13-16)20(21,22)23/h5-9,12-13H,3-4,10-11H2,1-2H3,(H,25,27). The number of alkyl halides is 3. The summed E-state index contributed by atoms with van der Waals surface area (Å²) in [5, 5.41) is 2.42. The molecule has 0 aliphatic heterocycles. The quantitative estimate of drug-likeness (QED) is 0.747. The summed E-state index contributed by atoms with van der Waals surface area (Å²) in [7, 11) is 0. The number of anilines is 1. The number of nitrogens with one attached hydrogen (secondary N) is 1. The summed E-state index contributed by atoms with van der Waals surface area (Å²) < 4.78 is 38.4. The van der Waals surface area contributed by atoms with E-state index in [2.05, 4.69) is 10.3 Å². The maximum atomic E-state index is 12.8. The number of amides is 2. The monoisotopic (exact) mass is 393 g/mol. The summed E-state index contributed by atoms with van der Waals surface area (Å²) >= 11 is 0. The van der Waals surface area contributed by atoms with Gasteiger partial charge in [0.15, 0.2) is 0 Å². The lowest BCUT2D eigenvalue weighted by molar-refractivity contribution is -0.137. The maximum absolute atomic E-state index is 12.8. The summed E-state index contributed by atoms with van der Waals surface area (Å²) in [6.07, 6.45) is -1.58. The number of benzene rings is 1. The van der Waals surface area contributed by atoms with Gasteiger partial charge < -0.3 is 10.2 Å². The van der Waals surface area contributed by atoms with Gasteiger partial charge in [-0.25, -0.2) is 0 Å². The fourth-order valence-electron chi connectivity index (χ4n) is 2.68. The fraction of sp³-hybridized carbons (Fsp3) is 0.350. The number of rotatable bonds is 7. The SMILES string of the molecule is CCCN(CCC)C(=O)c1cc(C(=O)Nc2cccc(C(F)(F)F)c2)ccn1.